The Labute approximate surface area is 158 Å². The molecule has 0 atom stereocenters. The van der Waals surface area contributed by atoms with Crippen LogP contribution in [0.15, 0.2) is 0 Å². The Morgan fingerprint density at radius 3 is 1.34 bits per heavy atom. The van der Waals surface area contributed by atoms with Gasteiger partial charge in [0.25, 0.3) is 0 Å². The molecule has 0 N–H and O–H groups in total. The highest BCUT2D eigenvalue weighted by molar-refractivity contribution is 6.36. The summed E-state index contributed by atoms with van der Waals surface area (Å²) in [6, 6.07) is -0.954. The lowest BCUT2D eigenvalue weighted by atomic mass is 9.93. The van der Waals surface area contributed by atoms with Crippen molar-refractivity contribution in [2.45, 2.75) is 68.0 Å². The number of hydrogen-bond donors (Lipinski definition) is 0. The molecule has 0 fully saturated rings. The minimum atomic E-state index is -7.86. The van der Waals surface area contributed by atoms with E-state index in [9.17, 15) is 57.1 Å². The van der Waals surface area contributed by atoms with E-state index in [2.05, 4.69) is 0 Å². The first-order valence-electron chi connectivity index (χ1n) is 7.93. The minimum Gasteiger partial charge on any atom is -0.357 e. The molecule has 0 spiro atoms. The molecule has 0 aliphatic carbocycles. The number of alkyl halides is 13. The summed E-state index contributed by atoms with van der Waals surface area (Å²) < 4.78 is 178. The number of ether oxygens (including phenoxy) is 2. The van der Waals surface area contributed by atoms with Gasteiger partial charge in [0.15, 0.2) is 0 Å². The van der Waals surface area contributed by atoms with Gasteiger partial charge >= 0.3 is 35.8 Å². The molecule has 2 nitrogen and oxygen atoms in total. The first-order chi connectivity index (χ1) is 12.7. The average molecular weight is 480 g/mol. The van der Waals surface area contributed by atoms with E-state index in [-0.39, 0.29) is 13.2 Å². The molecule has 0 saturated heterocycles. The van der Waals surface area contributed by atoms with Crippen molar-refractivity contribution in [1.82, 2.24) is 0 Å². The molecule has 0 amide bonds. The summed E-state index contributed by atoms with van der Waals surface area (Å²) in [5, 5.41) is 0. The van der Waals surface area contributed by atoms with Gasteiger partial charge in [-0.1, -0.05) is 6.04 Å². The third-order valence-electron chi connectivity index (χ3n) is 3.63. The number of rotatable bonds is 12. The summed E-state index contributed by atoms with van der Waals surface area (Å²) in [6.45, 7) is 2.90. The molecule has 0 aromatic rings. The summed E-state index contributed by atoms with van der Waals surface area (Å²) >= 11 is 0. The van der Waals surface area contributed by atoms with Gasteiger partial charge in [-0.25, -0.2) is 0 Å². The van der Waals surface area contributed by atoms with E-state index in [1.165, 1.54) is 13.8 Å². The maximum atomic E-state index is 13.6. The largest absolute Gasteiger partial charge is 0.460 e. The van der Waals surface area contributed by atoms with Crippen LogP contribution >= 0.6 is 0 Å². The normalized spacial score (nSPS) is 15.7. The zero-order valence-electron chi connectivity index (χ0n) is 14.8. The zero-order valence-corrected chi connectivity index (χ0v) is 16.3. The molecule has 0 rings (SSSR count). The highest BCUT2D eigenvalue weighted by Gasteiger charge is 2.90. The Hall–Kier alpha value is -0.773. The molecule has 0 unspecified atom stereocenters. The van der Waals surface area contributed by atoms with Gasteiger partial charge < -0.3 is 9.47 Å². The van der Waals surface area contributed by atoms with Gasteiger partial charge in [0, 0.05) is 19.6 Å². The highest BCUT2D eigenvalue weighted by atomic mass is 28.2. The van der Waals surface area contributed by atoms with Crippen molar-refractivity contribution < 1.29 is 66.5 Å². The third kappa shape index (κ3) is 5.29. The summed E-state index contributed by atoms with van der Waals surface area (Å²) in [4.78, 5) is 0. The topological polar surface area (TPSA) is 18.5 Å². The van der Waals surface area contributed by atoms with Crippen molar-refractivity contribution in [2.24, 2.45) is 0 Å². The predicted molar refractivity (Wildman–Crippen MR) is 75.8 cm³/mol. The Kier molecular flexibility index (Phi) is 8.91. The molecule has 0 aliphatic rings. The Balaban J connectivity index is 5.64. The van der Waals surface area contributed by atoms with Crippen molar-refractivity contribution in [3.63, 3.8) is 0 Å². The first-order valence-corrected chi connectivity index (χ1v) is 9.75. The van der Waals surface area contributed by atoms with Crippen molar-refractivity contribution in [1.29, 1.82) is 0 Å². The van der Waals surface area contributed by atoms with Crippen molar-refractivity contribution >= 4 is 9.52 Å². The van der Waals surface area contributed by atoms with Crippen LogP contribution in [0.2, 0.25) is 6.04 Å². The van der Waals surface area contributed by atoms with E-state index in [0.29, 0.717) is 0 Å². The fourth-order valence-corrected chi connectivity index (χ4v) is 3.82. The molecule has 176 valence electrons. The minimum absolute atomic E-state index is 0.00103. The van der Waals surface area contributed by atoms with Gasteiger partial charge in [-0.2, -0.15) is 57.1 Å². The highest BCUT2D eigenvalue weighted by Crippen LogP contribution is 2.60. The molecule has 0 aromatic heterocycles. The Bertz CT molecular complexity index is 515. The second kappa shape index (κ2) is 9.16. The molecule has 0 aliphatic heterocycles. The number of halogens is 13. The van der Waals surface area contributed by atoms with Gasteiger partial charge in [-0.15, -0.1) is 0 Å². The lowest BCUT2D eigenvalue weighted by Gasteiger charge is -2.39. The van der Waals surface area contributed by atoms with Crippen LogP contribution in [0, 0.1) is 0 Å². The van der Waals surface area contributed by atoms with Crippen molar-refractivity contribution in [3.8, 4) is 0 Å². The van der Waals surface area contributed by atoms with Gasteiger partial charge in [0.1, 0.15) is 5.91 Å². The number of hydrogen-bond acceptors (Lipinski definition) is 2. The first kappa shape index (κ1) is 28.2. The maximum Gasteiger partial charge on any atom is 0.460 e. The average Bonchev–Trinajstić information content (AvgIpc) is 2.53. The van der Waals surface area contributed by atoms with Crippen LogP contribution in [0.1, 0.15) is 20.3 Å². The van der Waals surface area contributed by atoms with E-state index in [1.54, 1.807) is 0 Å². The van der Waals surface area contributed by atoms with Crippen molar-refractivity contribution in [2.75, 3.05) is 13.2 Å². The van der Waals surface area contributed by atoms with E-state index in [4.69, 9.17) is 9.47 Å². The van der Waals surface area contributed by atoms with E-state index < -0.39 is 63.7 Å². The smallest absolute Gasteiger partial charge is 0.357 e. The van der Waals surface area contributed by atoms with Gasteiger partial charge in [-0.05, 0) is 13.8 Å². The van der Waals surface area contributed by atoms with Crippen LogP contribution < -0.4 is 0 Å². The second-order valence-electron chi connectivity index (χ2n) is 5.73. The van der Waals surface area contributed by atoms with Crippen LogP contribution in [0.3, 0.4) is 0 Å². The quantitative estimate of drug-likeness (QED) is 0.221. The summed E-state index contributed by atoms with van der Waals surface area (Å²) in [6.07, 6.45) is -9.59. The van der Waals surface area contributed by atoms with E-state index >= 15 is 0 Å². The van der Waals surface area contributed by atoms with Crippen LogP contribution in [-0.2, 0) is 9.47 Å². The molecule has 29 heavy (non-hydrogen) atoms. The van der Waals surface area contributed by atoms with Crippen LogP contribution in [0.4, 0.5) is 57.1 Å². The zero-order chi connectivity index (χ0) is 23.5. The fraction of sp³-hybridized carbons (Fsp3) is 1.00. The van der Waals surface area contributed by atoms with E-state index in [1.807, 2.05) is 0 Å². The van der Waals surface area contributed by atoms with Gasteiger partial charge in [0.05, 0.1) is 9.52 Å². The molecular formula is C13H17F13O2Si. The lowest BCUT2D eigenvalue weighted by molar-refractivity contribution is -0.439. The fourth-order valence-electron chi connectivity index (χ4n) is 2.04. The van der Waals surface area contributed by atoms with Gasteiger partial charge in [0.2, 0.25) is 0 Å². The maximum absolute atomic E-state index is 13.6. The van der Waals surface area contributed by atoms with Gasteiger partial charge in [-0.3, -0.25) is 0 Å². The summed E-state index contributed by atoms with van der Waals surface area (Å²) in [7, 11) is -1.98. The second-order valence-corrected chi connectivity index (χ2v) is 7.68. The lowest BCUT2D eigenvalue weighted by Crippen LogP contribution is -2.70. The molecular weight excluding hydrogens is 463 g/mol. The Morgan fingerprint density at radius 1 is 0.621 bits per heavy atom. The van der Waals surface area contributed by atoms with E-state index in [0.717, 1.165) is 0 Å². The molecule has 0 radical (unpaired) electrons. The third-order valence-corrected chi connectivity index (χ3v) is 5.34. The molecule has 0 aromatic carbocycles. The molecule has 0 heterocycles. The molecule has 0 saturated carbocycles. The summed E-state index contributed by atoms with van der Waals surface area (Å²) in [5.41, 5.74) is 0. The van der Waals surface area contributed by atoms with Crippen LogP contribution in [-0.4, -0.2) is 64.4 Å². The molecule has 16 heteroatoms. The monoisotopic (exact) mass is 480 g/mol. The SMILES string of the molecule is CCOC(OCC)[SiH2]CCC(F)(F)C(F)(F)C(F)(F)C(F)(F)C(F)(F)C(F)(F)F. The standard InChI is InChI=1S/C13H17F13O2Si/c1-3-27-7(28-4-2)29-6-5-8(14,15)9(16,17)10(18,19)11(20,21)12(22,23)13(24,25)26/h7H,3-6,29H2,1-2H3. The van der Waals surface area contributed by atoms with Crippen LogP contribution in [0.25, 0.3) is 0 Å². The summed E-state index contributed by atoms with van der Waals surface area (Å²) in [5.74, 6) is -37.7. The van der Waals surface area contributed by atoms with Crippen LogP contribution in [0.5, 0.6) is 0 Å². The van der Waals surface area contributed by atoms with Crippen molar-refractivity contribution in [3.05, 3.63) is 0 Å². The Morgan fingerprint density at radius 2 is 1.00 bits per heavy atom. The molecule has 0 bridgehead atoms. The predicted octanol–water partition coefficient (Wildman–Crippen LogP) is 5.06.